The first-order chi connectivity index (χ1) is 17.3. The van der Waals surface area contributed by atoms with Gasteiger partial charge in [0.1, 0.15) is 5.75 Å². The van der Waals surface area contributed by atoms with Crippen LogP contribution in [0.15, 0.2) is 24.5 Å². The molecule has 0 radical (unpaired) electrons. The number of fused-ring (bicyclic) bond motifs is 1. The van der Waals surface area contributed by atoms with Crippen LogP contribution in [-0.4, -0.2) is 51.4 Å². The number of rotatable bonds is 5. The molecule has 0 N–H and O–H groups in total. The highest BCUT2D eigenvalue weighted by Crippen LogP contribution is 2.46. The fourth-order valence-corrected chi connectivity index (χ4v) is 6.16. The molecule has 0 spiro atoms. The molecule has 2 aliphatic carbocycles. The number of hydrogen-bond acceptors (Lipinski definition) is 4. The van der Waals surface area contributed by atoms with E-state index < -0.39 is 0 Å². The van der Waals surface area contributed by atoms with E-state index in [1.54, 1.807) is 0 Å². The van der Waals surface area contributed by atoms with Gasteiger partial charge >= 0.3 is 0 Å². The Bertz CT molecular complexity index is 1120. The van der Waals surface area contributed by atoms with Crippen molar-refractivity contribution in [3.8, 4) is 16.9 Å². The van der Waals surface area contributed by atoms with Gasteiger partial charge in [-0.3, -0.25) is 14.4 Å². The SMILES string of the molecule is C[C@H]1CCc2c(ccc(-c3cnn(C4CCN(C(C)(C)C)CC4)c3)c2OC2CCC2)N1C(=O)C1CC1. The van der Waals surface area contributed by atoms with E-state index in [-0.39, 0.29) is 17.5 Å². The van der Waals surface area contributed by atoms with Gasteiger partial charge in [-0.1, -0.05) is 0 Å². The minimum atomic E-state index is 0.219. The molecule has 3 heterocycles. The standard InChI is InChI=1S/C30H42N4O2/c1-20-8-11-26-27(34(20)29(35)21-9-10-21)13-12-25(28(26)36-24-6-5-7-24)22-18-31-33(19-22)23-14-16-32(17-15-23)30(2,3)4/h12-13,18-21,23-24H,5-11,14-17H2,1-4H3/t20-/m0/s1. The Hall–Kier alpha value is -2.34. The summed E-state index contributed by atoms with van der Waals surface area (Å²) in [6, 6.07) is 5.04. The highest BCUT2D eigenvalue weighted by Gasteiger charge is 2.39. The van der Waals surface area contributed by atoms with E-state index in [1.807, 2.05) is 6.20 Å². The van der Waals surface area contributed by atoms with E-state index in [9.17, 15) is 4.79 Å². The summed E-state index contributed by atoms with van der Waals surface area (Å²) >= 11 is 0. The molecule has 6 heteroatoms. The number of carbonyl (C=O) groups is 1. The van der Waals surface area contributed by atoms with E-state index in [1.165, 1.54) is 12.0 Å². The maximum atomic E-state index is 13.2. The third kappa shape index (κ3) is 4.46. The van der Waals surface area contributed by atoms with Gasteiger partial charge in [0.25, 0.3) is 0 Å². The summed E-state index contributed by atoms with van der Waals surface area (Å²) in [6.45, 7) is 11.3. The van der Waals surface area contributed by atoms with Crippen molar-refractivity contribution < 1.29 is 9.53 Å². The Balaban J connectivity index is 1.31. The number of amides is 1. The van der Waals surface area contributed by atoms with Crippen LogP contribution in [0.25, 0.3) is 11.1 Å². The van der Waals surface area contributed by atoms with Crippen molar-refractivity contribution in [1.82, 2.24) is 14.7 Å². The lowest BCUT2D eigenvalue weighted by Gasteiger charge is -2.40. The van der Waals surface area contributed by atoms with Crippen LogP contribution in [0.2, 0.25) is 0 Å². The number of anilines is 1. The maximum absolute atomic E-state index is 13.2. The Morgan fingerprint density at radius 3 is 2.42 bits per heavy atom. The largest absolute Gasteiger partial charge is 0.489 e. The predicted octanol–water partition coefficient (Wildman–Crippen LogP) is 5.99. The first kappa shape index (κ1) is 24.0. The number of hydrogen-bond donors (Lipinski definition) is 0. The lowest BCUT2D eigenvalue weighted by molar-refractivity contribution is -0.120. The van der Waals surface area contributed by atoms with Gasteiger partial charge in [-0.2, -0.15) is 5.10 Å². The quantitative estimate of drug-likeness (QED) is 0.516. The molecule has 3 fully saturated rings. The molecule has 2 aromatic rings. The molecule has 0 bridgehead atoms. The molecule has 4 aliphatic rings. The van der Waals surface area contributed by atoms with Crippen LogP contribution in [0.3, 0.4) is 0 Å². The number of ether oxygens (including phenoxy) is 1. The highest BCUT2D eigenvalue weighted by molar-refractivity contribution is 5.99. The molecule has 1 atom stereocenters. The summed E-state index contributed by atoms with van der Waals surface area (Å²) in [5, 5.41) is 4.83. The van der Waals surface area contributed by atoms with Crippen molar-refractivity contribution in [2.75, 3.05) is 18.0 Å². The summed E-state index contributed by atoms with van der Waals surface area (Å²) < 4.78 is 8.89. The molecule has 6 rings (SSSR count). The van der Waals surface area contributed by atoms with E-state index in [0.717, 1.165) is 87.0 Å². The first-order valence-electron chi connectivity index (χ1n) is 14.2. The van der Waals surface area contributed by atoms with Gasteiger partial charge in [-0.15, -0.1) is 0 Å². The van der Waals surface area contributed by atoms with Gasteiger partial charge < -0.3 is 9.64 Å². The molecular weight excluding hydrogens is 448 g/mol. The second-order valence-corrected chi connectivity index (χ2v) is 12.6. The molecule has 2 saturated carbocycles. The van der Waals surface area contributed by atoms with Crippen molar-refractivity contribution in [2.24, 2.45) is 5.92 Å². The molecule has 1 aromatic carbocycles. The van der Waals surface area contributed by atoms with E-state index in [2.05, 4.69) is 60.5 Å². The van der Waals surface area contributed by atoms with Crippen LogP contribution in [-0.2, 0) is 11.2 Å². The smallest absolute Gasteiger partial charge is 0.230 e. The van der Waals surface area contributed by atoms with Gasteiger partial charge in [0.05, 0.1) is 24.0 Å². The van der Waals surface area contributed by atoms with Crippen LogP contribution in [0.5, 0.6) is 5.75 Å². The zero-order valence-electron chi connectivity index (χ0n) is 22.5. The Kier molecular flexibility index (Phi) is 6.14. The second kappa shape index (κ2) is 9.20. The summed E-state index contributed by atoms with van der Waals surface area (Å²) in [4.78, 5) is 17.9. The molecule has 1 saturated heterocycles. The van der Waals surface area contributed by atoms with Gasteiger partial charge in [0, 0.05) is 53.5 Å². The fourth-order valence-electron chi connectivity index (χ4n) is 6.16. The van der Waals surface area contributed by atoms with Crippen LogP contribution >= 0.6 is 0 Å². The van der Waals surface area contributed by atoms with Crippen LogP contribution in [0.4, 0.5) is 5.69 Å². The van der Waals surface area contributed by atoms with Crippen molar-refractivity contribution in [1.29, 1.82) is 0 Å². The summed E-state index contributed by atoms with van der Waals surface area (Å²) in [5.74, 6) is 1.53. The van der Waals surface area contributed by atoms with Crippen molar-refractivity contribution in [3.63, 3.8) is 0 Å². The number of aromatic nitrogens is 2. The monoisotopic (exact) mass is 490 g/mol. The average molecular weight is 491 g/mol. The topological polar surface area (TPSA) is 50.6 Å². The Morgan fingerprint density at radius 2 is 1.78 bits per heavy atom. The van der Waals surface area contributed by atoms with E-state index in [0.29, 0.717) is 18.1 Å². The number of likely N-dealkylation sites (tertiary alicyclic amines) is 1. The zero-order valence-corrected chi connectivity index (χ0v) is 22.5. The lowest BCUT2D eigenvalue weighted by atomic mass is 9.91. The molecule has 36 heavy (non-hydrogen) atoms. The lowest BCUT2D eigenvalue weighted by Crippen LogP contribution is -2.46. The van der Waals surface area contributed by atoms with Crippen molar-refractivity contribution >= 4 is 11.6 Å². The summed E-state index contributed by atoms with van der Waals surface area (Å²) in [6.07, 6.45) is 14.3. The summed E-state index contributed by atoms with van der Waals surface area (Å²) in [7, 11) is 0. The van der Waals surface area contributed by atoms with Crippen LogP contribution < -0.4 is 9.64 Å². The highest BCUT2D eigenvalue weighted by atomic mass is 16.5. The number of nitrogens with zero attached hydrogens (tertiary/aromatic N) is 4. The van der Waals surface area contributed by atoms with Crippen molar-refractivity contribution in [2.45, 2.75) is 109 Å². The maximum Gasteiger partial charge on any atom is 0.230 e. The Morgan fingerprint density at radius 1 is 1.03 bits per heavy atom. The van der Waals surface area contributed by atoms with Gasteiger partial charge in [-0.25, -0.2) is 0 Å². The van der Waals surface area contributed by atoms with Gasteiger partial charge in [0.15, 0.2) is 0 Å². The van der Waals surface area contributed by atoms with E-state index >= 15 is 0 Å². The predicted molar refractivity (Wildman–Crippen MR) is 144 cm³/mol. The second-order valence-electron chi connectivity index (χ2n) is 12.6. The first-order valence-corrected chi connectivity index (χ1v) is 14.2. The Labute approximate surface area is 216 Å². The van der Waals surface area contributed by atoms with Crippen molar-refractivity contribution in [3.05, 3.63) is 30.1 Å². The fraction of sp³-hybridized carbons (Fsp3) is 0.667. The molecule has 1 aromatic heterocycles. The molecule has 2 aliphatic heterocycles. The van der Waals surface area contributed by atoms with E-state index in [4.69, 9.17) is 9.84 Å². The number of benzene rings is 1. The normalized spacial score (nSPS) is 23.9. The third-order valence-electron chi connectivity index (χ3n) is 8.95. The zero-order chi connectivity index (χ0) is 25.0. The average Bonchev–Trinajstić information content (AvgIpc) is 3.57. The molecule has 0 unspecified atom stereocenters. The number of piperidine rings is 1. The molecule has 1 amide bonds. The number of carbonyl (C=O) groups excluding carboxylic acids is 1. The molecular formula is C30H42N4O2. The van der Waals surface area contributed by atoms with Gasteiger partial charge in [-0.05, 0) is 97.6 Å². The van der Waals surface area contributed by atoms with Gasteiger partial charge in [0.2, 0.25) is 5.91 Å². The van der Waals surface area contributed by atoms with Crippen LogP contribution in [0.1, 0.15) is 90.7 Å². The summed E-state index contributed by atoms with van der Waals surface area (Å²) in [5.41, 5.74) is 4.78. The molecule has 6 nitrogen and oxygen atoms in total. The molecule has 194 valence electrons. The minimum absolute atomic E-state index is 0.219. The minimum Gasteiger partial charge on any atom is -0.489 e. The third-order valence-corrected chi connectivity index (χ3v) is 8.95. The van der Waals surface area contributed by atoms with Crippen LogP contribution in [0, 0.1) is 5.92 Å².